The van der Waals surface area contributed by atoms with Gasteiger partial charge in [-0.05, 0) is 31.0 Å². The van der Waals surface area contributed by atoms with E-state index in [0.717, 1.165) is 18.5 Å². The fourth-order valence-corrected chi connectivity index (χ4v) is 2.52. The molecule has 21 heavy (non-hydrogen) atoms. The Labute approximate surface area is 123 Å². The van der Waals surface area contributed by atoms with E-state index in [0.29, 0.717) is 18.8 Å². The number of aromatic nitrogens is 2. The van der Waals surface area contributed by atoms with E-state index in [1.165, 1.54) is 0 Å². The van der Waals surface area contributed by atoms with Gasteiger partial charge in [-0.2, -0.15) is 5.10 Å². The predicted molar refractivity (Wildman–Crippen MR) is 79.4 cm³/mol. The number of likely N-dealkylation sites (tertiary alicyclic amines) is 1. The molecule has 1 aliphatic heterocycles. The van der Waals surface area contributed by atoms with Gasteiger partial charge in [-0.15, -0.1) is 0 Å². The van der Waals surface area contributed by atoms with E-state index in [4.69, 9.17) is 0 Å². The van der Waals surface area contributed by atoms with Crippen molar-refractivity contribution < 1.29 is 9.90 Å². The van der Waals surface area contributed by atoms with Crippen LogP contribution >= 0.6 is 0 Å². The third-order valence-corrected chi connectivity index (χ3v) is 3.58. The number of anilines is 1. The van der Waals surface area contributed by atoms with Crippen LogP contribution in [0.3, 0.4) is 0 Å². The number of carbonyl (C=O) groups excluding carboxylic acids is 1. The molecule has 1 unspecified atom stereocenters. The highest BCUT2D eigenvalue weighted by Gasteiger charge is 2.22. The number of β-amino-alcohol motifs (C(OH)–C–C–N with tert-alkyl or cyclic N) is 1. The number of para-hydroxylation sites is 2. The Hall–Kier alpha value is -2.34. The Balaban J connectivity index is 1.77. The lowest BCUT2D eigenvalue weighted by atomic mass is 10.1. The van der Waals surface area contributed by atoms with Gasteiger partial charge >= 0.3 is 6.03 Å². The van der Waals surface area contributed by atoms with Crippen molar-refractivity contribution in [3.05, 3.63) is 42.7 Å². The summed E-state index contributed by atoms with van der Waals surface area (Å²) in [7, 11) is 0. The summed E-state index contributed by atoms with van der Waals surface area (Å²) in [6.07, 6.45) is 4.68. The molecule has 110 valence electrons. The normalized spacial score (nSPS) is 18.5. The minimum Gasteiger partial charge on any atom is -0.391 e. The molecule has 2 aromatic rings. The smallest absolute Gasteiger partial charge is 0.321 e. The van der Waals surface area contributed by atoms with Crippen molar-refractivity contribution in [2.24, 2.45) is 0 Å². The van der Waals surface area contributed by atoms with E-state index in [1.54, 1.807) is 15.8 Å². The number of aliphatic hydroxyl groups is 1. The van der Waals surface area contributed by atoms with Crippen LogP contribution in [-0.4, -0.2) is 45.0 Å². The molecule has 0 radical (unpaired) electrons. The lowest BCUT2D eigenvalue weighted by Gasteiger charge is -2.30. The summed E-state index contributed by atoms with van der Waals surface area (Å²) in [5.74, 6) is 0. The molecule has 0 saturated carbocycles. The van der Waals surface area contributed by atoms with Gasteiger partial charge in [0.2, 0.25) is 0 Å². The quantitative estimate of drug-likeness (QED) is 0.885. The number of hydrogen-bond donors (Lipinski definition) is 2. The molecule has 1 saturated heterocycles. The van der Waals surface area contributed by atoms with Crippen molar-refractivity contribution in [2.75, 3.05) is 18.4 Å². The van der Waals surface area contributed by atoms with E-state index in [1.807, 2.05) is 36.5 Å². The third kappa shape index (κ3) is 3.05. The summed E-state index contributed by atoms with van der Waals surface area (Å²) in [5.41, 5.74) is 1.51. The van der Waals surface area contributed by atoms with Crippen molar-refractivity contribution >= 4 is 11.7 Å². The van der Waals surface area contributed by atoms with E-state index in [2.05, 4.69) is 10.4 Å². The topological polar surface area (TPSA) is 70.4 Å². The maximum Gasteiger partial charge on any atom is 0.321 e. The molecule has 1 aromatic heterocycles. The van der Waals surface area contributed by atoms with Gasteiger partial charge in [-0.3, -0.25) is 0 Å². The van der Waals surface area contributed by atoms with Crippen LogP contribution < -0.4 is 5.32 Å². The number of hydrogen-bond acceptors (Lipinski definition) is 3. The maximum absolute atomic E-state index is 12.3. The lowest BCUT2D eigenvalue weighted by molar-refractivity contribution is 0.0883. The van der Waals surface area contributed by atoms with Gasteiger partial charge < -0.3 is 15.3 Å². The summed E-state index contributed by atoms with van der Waals surface area (Å²) < 4.78 is 1.71. The zero-order valence-corrected chi connectivity index (χ0v) is 11.6. The minimum absolute atomic E-state index is 0.187. The van der Waals surface area contributed by atoms with Gasteiger partial charge in [0.15, 0.2) is 0 Å². The number of rotatable bonds is 2. The van der Waals surface area contributed by atoms with Crippen LogP contribution in [0, 0.1) is 0 Å². The largest absolute Gasteiger partial charge is 0.391 e. The fraction of sp³-hybridized carbons (Fsp3) is 0.333. The molecular formula is C15H18N4O2. The number of benzene rings is 1. The van der Waals surface area contributed by atoms with E-state index in [9.17, 15) is 9.90 Å². The highest BCUT2D eigenvalue weighted by molar-refractivity contribution is 5.91. The number of nitrogens with zero attached hydrogens (tertiary/aromatic N) is 3. The second-order valence-electron chi connectivity index (χ2n) is 5.14. The molecular weight excluding hydrogens is 268 g/mol. The zero-order valence-electron chi connectivity index (χ0n) is 11.6. The SMILES string of the molecule is O=C(Nc1ccccc1-n1cccn1)N1CCCC(O)C1. The second-order valence-corrected chi connectivity index (χ2v) is 5.14. The van der Waals surface area contributed by atoms with Crippen molar-refractivity contribution in [1.82, 2.24) is 14.7 Å². The van der Waals surface area contributed by atoms with Crippen molar-refractivity contribution in [1.29, 1.82) is 0 Å². The lowest BCUT2D eigenvalue weighted by Crippen LogP contribution is -2.44. The molecule has 1 atom stereocenters. The first-order chi connectivity index (χ1) is 10.2. The van der Waals surface area contributed by atoms with E-state index < -0.39 is 6.10 Å². The van der Waals surface area contributed by atoms with Gasteiger partial charge in [-0.25, -0.2) is 9.48 Å². The van der Waals surface area contributed by atoms with Crippen LogP contribution in [0.4, 0.5) is 10.5 Å². The van der Waals surface area contributed by atoms with Crippen molar-refractivity contribution in [3.63, 3.8) is 0 Å². The first-order valence-electron chi connectivity index (χ1n) is 7.07. The number of amides is 2. The molecule has 1 aromatic carbocycles. The zero-order chi connectivity index (χ0) is 14.7. The van der Waals surface area contributed by atoms with Crippen LogP contribution in [0.1, 0.15) is 12.8 Å². The van der Waals surface area contributed by atoms with Crippen LogP contribution in [-0.2, 0) is 0 Å². The Morgan fingerprint density at radius 1 is 1.33 bits per heavy atom. The predicted octanol–water partition coefficient (Wildman–Crippen LogP) is 1.86. The first-order valence-corrected chi connectivity index (χ1v) is 7.07. The van der Waals surface area contributed by atoms with Gasteiger partial charge in [0.25, 0.3) is 0 Å². The van der Waals surface area contributed by atoms with Crippen molar-refractivity contribution in [3.8, 4) is 5.69 Å². The van der Waals surface area contributed by atoms with Crippen LogP contribution in [0.25, 0.3) is 5.69 Å². The third-order valence-electron chi connectivity index (χ3n) is 3.58. The number of aliphatic hydroxyl groups excluding tert-OH is 1. The Bertz CT molecular complexity index is 612. The molecule has 6 nitrogen and oxygen atoms in total. The average molecular weight is 286 g/mol. The van der Waals surface area contributed by atoms with Crippen LogP contribution in [0.2, 0.25) is 0 Å². The standard InChI is InChI=1S/C15H18N4O2/c20-12-5-3-9-18(11-12)15(21)17-13-6-1-2-7-14(13)19-10-4-8-16-19/h1-2,4,6-8,10,12,20H,3,5,9,11H2,(H,17,21). The van der Waals surface area contributed by atoms with Gasteiger partial charge in [0.1, 0.15) is 0 Å². The van der Waals surface area contributed by atoms with Gasteiger partial charge in [0, 0.05) is 25.5 Å². The molecule has 1 fully saturated rings. The molecule has 3 rings (SSSR count). The molecule has 1 aliphatic rings. The molecule has 2 amide bonds. The molecule has 2 heterocycles. The molecule has 6 heteroatoms. The number of nitrogens with one attached hydrogen (secondary N) is 1. The fourth-order valence-electron chi connectivity index (χ4n) is 2.52. The van der Waals surface area contributed by atoms with E-state index >= 15 is 0 Å². The highest BCUT2D eigenvalue weighted by Crippen LogP contribution is 2.20. The maximum atomic E-state index is 12.3. The molecule has 0 bridgehead atoms. The van der Waals surface area contributed by atoms with Crippen LogP contribution in [0.15, 0.2) is 42.7 Å². The first kappa shape index (κ1) is 13.6. The number of urea groups is 1. The van der Waals surface area contributed by atoms with Crippen LogP contribution in [0.5, 0.6) is 0 Å². The second kappa shape index (κ2) is 5.97. The van der Waals surface area contributed by atoms with Crippen molar-refractivity contribution in [2.45, 2.75) is 18.9 Å². The summed E-state index contributed by atoms with van der Waals surface area (Å²) in [6, 6.07) is 9.15. The Kier molecular flexibility index (Phi) is 3.87. The van der Waals surface area contributed by atoms with E-state index in [-0.39, 0.29) is 6.03 Å². The molecule has 0 spiro atoms. The Morgan fingerprint density at radius 3 is 2.95 bits per heavy atom. The summed E-state index contributed by atoms with van der Waals surface area (Å²) in [4.78, 5) is 14.0. The molecule has 0 aliphatic carbocycles. The number of piperidine rings is 1. The van der Waals surface area contributed by atoms with Gasteiger partial charge in [-0.1, -0.05) is 12.1 Å². The monoisotopic (exact) mass is 286 g/mol. The minimum atomic E-state index is -0.425. The van der Waals surface area contributed by atoms with Gasteiger partial charge in [0.05, 0.1) is 17.5 Å². The average Bonchev–Trinajstić information content (AvgIpc) is 3.02. The number of carbonyl (C=O) groups is 1. The Morgan fingerprint density at radius 2 is 2.19 bits per heavy atom. The highest BCUT2D eigenvalue weighted by atomic mass is 16.3. The summed E-state index contributed by atoms with van der Waals surface area (Å²) in [6.45, 7) is 1.06. The summed E-state index contributed by atoms with van der Waals surface area (Å²) in [5, 5.41) is 16.8. The molecule has 2 N–H and O–H groups in total. The summed E-state index contributed by atoms with van der Waals surface area (Å²) >= 11 is 0.